The van der Waals surface area contributed by atoms with Gasteiger partial charge in [-0.15, -0.1) is 0 Å². The number of aryl methyl sites for hydroxylation is 1. The number of aromatic nitrogens is 1. The molecule has 0 saturated heterocycles. The molecule has 88 valence electrons. The van der Waals surface area contributed by atoms with Crippen LogP contribution in [0.3, 0.4) is 0 Å². The minimum Gasteiger partial charge on any atom is -0.317 e. The summed E-state index contributed by atoms with van der Waals surface area (Å²) in [7, 11) is 0. The van der Waals surface area contributed by atoms with Crippen molar-refractivity contribution in [3.63, 3.8) is 0 Å². The van der Waals surface area contributed by atoms with Crippen LogP contribution in [0, 0.1) is 6.92 Å². The Kier molecular flexibility index (Phi) is 1.94. The summed E-state index contributed by atoms with van der Waals surface area (Å²) in [5.41, 5.74) is 2.27. The zero-order chi connectivity index (χ0) is 12.2. The van der Waals surface area contributed by atoms with Gasteiger partial charge in [-0.25, -0.2) is 0 Å². The lowest BCUT2D eigenvalue weighted by Crippen LogP contribution is -2.10. The second-order valence-corrected chi connectivity index (χ2v) is 4.29. The molecule has 17 heavy (non-hydrogen) atoms. The number of hydrogen-bond donors (Lipinski definition) is 0. The van der Waals surface area contributed by atoms with Crippen LogP contribution in [0.15, 0.2) is 30.3 Å². The summed E-state index contributed by atoms with van der Waals surface area (Å²) in [4.78, 5) is 0. The molecule has 2 heterocycles. The number of halogens is 3. The van der Waals surface area contributed by atoms with E-state index in [0.29, 0.717) is 12.1 Å². The molecule has 0 aliphatic carbocycles. The zero-order valence-electron chi connectivity index (χ0n) is 9.17. The Morgan fingerprint density at radius 3 is 2.59 bits per heavy atom. The largest absolute Gasteiger partial charge is 0.418 e. The van der Waals surface area contributed by atoms with Gasteiger partial charge in [-0.05, 0) is 30.7 Å². The topological polar surface area (TPSA) is 4.93 Å². The molecule has 0 unspecified atom stereocenters. The summed E-state index contributed by atoms with van der Waals surface area (Å²) >= 11 is 0. The lowest BCUT2D eigenvalue weighted by Gasteiger charge is -2.14. The summed E-state index contributed by atoms with van der Waals surface area (Å²) in [6.45, 7) is 1.83. The van der Waals surface area contributed by atoms with E-state index < -0.39 is 11.7 Å². The maximum Gasteiger partial charge on any atom is 0.418 e. The Bertz CT molecular complexity index is 593. The predicted molar refractivity (Wildman–Crippen MR) is 58.3 cm³/mol. The standard InChI is InChI=1S/C13H10F3N/c1-8-5-6-10-7-9-3-2-4-11(13(14,15)16)12(9)17(8)10/h2-6H,7H2,1H3. The van der Waals surface area contributed by atoms with Crippen LogP contribution in [0.2, 0.25) is 0 Å². The zero-order valence-corrected chi connectivity index (χ0v) is 9.17. The molecule has 1 aromatic heterocycles. The van der Waals surface area contributed by atoms with Crippen molar-refractivity contribution in [1.82, 2.24) is 4.57 Å². The number of rotatable bonds is 0. The smallest absolute Gasteiger partial charge is 0.317 e. The van der Waals surface area contributed by atoms with Crippen molar-refractivity contribution in [2.24, 2.45) is 0 Å². The fourth-order valence-corrected chi connectivity index (χ4v) is 2.47. The fraction of sp³-hybridized carbons (Fsp3) is 0.231. The molecule has 1 nitrogen and oxygen atoms in total. The van der Waals surface area contributed by atoms with Crippen LogP contribution in [0.1, 0.15) is 22.5 Å². The monoisotopic (exact) mass is 237 g/mol. The average molecular weight is 237 g/mol. The van der Waals surface area contributed by atoms with Gasteiger partial charge in [0.05, 0.1) is 11.3 Å². The van der Waals surface area contributed by atoms with E-state index in [9.17, 15) is 13.2 Å². The Labute approximate surface area is 96.5 Å². The molecule has 0 saturated carbocycles. The van der Waals surface area contributed by atoms with E-state index >= 15 is 0 Å². The maximum atomic E-state index is 13.0. The number of hydrogen-bond acceptors (Lipinski definition) is 0. The fourth-order valence-electron chi connectivity index (χ4n) is 2.47. The lowest BCUT2D eigenvalue weighted by molar-refractivity contribution is -0.137. The van der Waals surface area contributed by atoms with Crippen LogP contribution >= 0.6 is 0 Å². The van der Waals surface area contributed by atoms with Crippen LogP contribution in [0.25, 0.3) is 5.69 Å². The van der Waals surface area contributed by atoms with E-state index in [1.165, 1.54) is 6.07 Å². The summed E-state index contributed by atoms with van der Waals surface area (Å²) in [5.74, 6) is 0. The molecular weight excluding hydrogens is 227 g/mol. The van der Waals surface area contributed by atoms with Gasteiger partial charge in [0.1, 0.15) is 0 Å². The molecule has 0 radical (unpaired) electrons. The van der Waals surface area contributed by atoms with Crippen molar-refractivity contribution in [3.8, 4) is 5.69 Å². The number of fused-ring (bicyclic) bond motifs is 3. The molecule has 1 aromatic carbocycles. The molecule has 3 rings (SSSR count). The van der Waals surface area contributed by atoms with Gasteiger partial charge < -0.3 is 4.57 Å². The normalized spacial score (nSPS) is 13.6. The van der Waals surface area contributed by atoms with Crippen molar-refractivity contribution in [2.75, 3.05) is 0 Å². The highest BCUT2D eigenvalue weighted by Gasteiger charge is 2.37. The first-order chi connectivity index (χ1) is 7.98. The average Bonchev–Trinajstić information content (AvgIpc) is 2.76. The van der Waals surface area contributed by atoms with E-state index in [2.05, 4.69) is 0 Å². The van der Waals surface area contributed by atoms with Crippen LogP contribution in [-0.2, 0) is 12.6 Å². The summed E-state index contributed by atoms with van der Waals surface area (Å²) in [6.07, 6.45) is -3.73. The Morgan fingerprint density at radius 1 is 1.12 bits per heavy atom. The van der Waals surface area contributed by atoms with E-state index in [-0.39, 0.29) is 0 Å². The van der Waals surface area contributed by atoms with E-state index in [1.807, 2.05) is 19.1 Å². The molecule has 0 spiro atoms. The van der Waals surface area contributed by atoms with Crippen molar-refractivity contribution in [3.05, 3.63) is 52.8 Å². The third kappa shape index (κ3) is 1.40. The highest BCUT2D eigenvalue weighted by molar-refractivity contribution is 5.57. The molecule has 4 heteroatoms. The molecule has 1 aliphatic heterocycles. The third-order valence-corrected chi connectivity index (χ3v) is 3.18. The summed E-state index contributed by atoms with van der Waals surface area (Å²) < 4.78 is 40.6. The Hall–Kier alpha value is -1.71. The van der Waals surface area contributed by atoms with Crippen molar-refractivity contribution >= 4 is 0 Å². The van der Waals surface area contributed by atoms with Crippen LogP contribution in [0.5, 0.6) is 0 Å². The van der Waals surface area contributed by atoms with E-state index in [0.717, 1.165) is 23.0 Å². The van der Waals surface area contributed by atoms with Gasteiger partial charge in [0, 0.05) is 17.8 Å². The van der Waals surface area contributed by atoms with Crippen LogP contribution < -0.4 is 0 Å². The molecule has 0 amide bonds. The first-order valence-electron chi connectivity index (χ1n) is 5.35. The Morgan fingerprint density at radius 2 is 1.88 bits per heavy atom. The quantitative estimate of drug-likeness (QED) is 0.561. The van der Waals surface area contributed by atoms with Gasteiger partial charge in [0.25, 0.3) is 0 Å². The number of benzene rings is 1. The number of alkyl halides is 3. The van der Waals surface area contributed by atoms with Gasteiger partial charge in [-0.2, -0.15) is 13.2 Å². The number of nitrogens with zero attached hydrogens (tertiary/aromatic N) is 1. The first kappa shape index (κ1) is 10.4. The molecular formula is C13H10F3N. The van der Waals surface area contributed by atoms with E-state index in [4.69, 9.17) is 0 Å². The SMILES string of the molecule is Cc1ccc2n1-c1c(cccc1C(F)(F)F)C2. The minimum absolute atomic E-state index is 0.303. The highest BCUT2D eigenvalue weighted by atomic mass is 19.4. The molecule has 0 fully saturated rings. The van der Waals surface area contributed by atoms with Gasteiger partial charge in [-0.3, -0.25) is 0 Å². The van der Waals surface area contributed by atoms with Gasteiger partial charge in [0.2, 0.25) is 0 Å². The van der Waals surface area contributed by atoms with Gasteiger partial charge >= 0.3 is 6.18 Å². The van der Waals surface area contributed by atoms with Crippen molar-refractivity contribution in [1.29, 1.82) is 0 Å². The van der Waals surface area contributed by atoms with Crippen molar-refractivity contribution in [2.45, 2.75) is 19.5 Å². The highest BCUT2D eigenvalue weighted by Crippen LogP contribution is 2.40. The molecule has 0 atom stereocenters. The van der Waals surface area contributed by atoms with Gasteiger partial charge in [-0.1, -0.05) is 12.1 Å². The van der Waals surface area contributed by atoms with E-state index in [1.54, 1.807) is 10.6 Å². The van der Waals surface area contributed by atoms with Crippen LogP contribution in [0.4, 0.5) is 13.2 Å². The molecule has 2 aromatic rings. The van der Waals surface area contributed by atoms with Gasteiger partial charge in [0.15, 0.2) is 0 Å². The molecule has 1 aliphatic rings. The second kappa shape index (κ2) is 3.15. The number of para-hydroxylation sites is 1. The maximum absolute atomic E-state index is 13.0. The van der Waals surface area contributed by atoms with Crippen molar-refractivity contribution < 1.29 is 13.2 Å². The summed E-state index contributed by atoms with van der Waals surface area (Å²) in [5, 5.41) is 0. The third-order valence-electron chi connectivity index (χ3n) is 3.18. The predicted octanol–water partition coefficient (Wildman–Crippen LogP) is 3.71. The summed E-state index contributed by atoms with van der Waals surface area (Å²) in [6, 6.07) is 8.12. The van der Waals surface area contributed by atoms with Crippen LogP contribution in [-0.4, -0.2) is 4.57 Å². The lowest BCUT2D eigenvalue weighted by atomic mass is 10.1. The molecule has 0 N–H and O–H groups in total. The Balaban J connectivity index is 2.33. The minimum atomic E-state index is -4.30. The first-order valence-corrected chi connectivity index (χ1v) is 5.35. The molecule has 0 bridgehead atoms. The second-order valence-electron chi connectivity index (χ2n) is 4.29.